The maximum Gasteiger partial charge on any atom is 0.416 e. The molecule has 0 saturated carbocycles. The summed E-state index contributed by atoms with van der Waals surface area (Å²) < 4.78 is 52.9. The van der Waals surface area contributed by atoms with Crippen LogP contribution in [0.1, 0.15) is 33.2 Å². The lowest BCUT2D eigenvalue weighted by molar-refractivity contribution is -0.137. The smallest absolute Gasteiger partial charge is 0.416 e. The van der Waals surface area contributed by atoms with Crippen molar-refractivity contribution in [3.05, 3.63) is 53.3 Å². The van der Waals surface area contributed by atoms with Gasteiger partial charge in [-0.1, -0.05) is 0 Å². The number of methoxy groups -OCH3 is 3. The number of carbonyl (C=O) groups is 2. The second kappa shape index (κ2) is 9.78. The van der Waals surface area contributed by atoms with E-state index < -0.39 is 17.7 Å². The third-order valence-electron chi connectivity index (χ3n) is 3.93. The Morgan fingerprint density at radius 1 is 1.03 bits per heavy atom. The molecular formula is C19H19F3N4O5. The first-order valence-electron chi connectivity index (χ1n) is 8.60. The maximum atomic E-state index is 12.5. The summed E-state index contributed by atoms with van der Waals surface area (Å²) >= 11 is 0. The summed E-state index contributed by atoms with van der Waals surface area (Å²) in [5, 5.41) is 10.1. The first kappa shape index (κ1) is 23.4. The van der Waals surface area contributed by atoms with Gasteiger partial charge in [-0.3, -0.25) is 4.79 Å². The normalized spacial score (nSPS) is 10.7. The molecule has 0 spiro atoms. The molecule has 2 heterocycles. The molecule has 0 aliphatic rings. The Bertz CT molecular complexity index is 1040. The number of ketones is 1. The lowest BCUT2D eigenvalue weighted by Crippen LogP contribution is -2.05. The monoisotopic (exact) mass is 440 g/mol. The van der Waals surface area contributed by atoms with Gasteiger partial charge in [0.05, 0.1) is 44.3 Å². The van der Waals surface area contributed by atoms with E-state index >= 15 is 0 Å². The number of nitrogens with one attached hydrogen (secondary N) is 1. The minimum absolute atomic E-state index is 0.136. The second-order valence-electron chi connectivity index (χ2n) is 5.91. The van der Waals surface area contributed by atoms with E-state index in [2.05, 4.69) is 20.0 Å². The Balaban J connectivity index is 0.000000262. The zero-order valence-corrected chi connectivity index (χ0v) is 17.0. The van der Waals surface area contributed by atoms with E-state index in [1.807, 2.05) is 0 Å². The average molecular weight is 440 g/mol. The van der Waals surface area contributed by atoms with E-state index in [1.165, 1.54) is 57.5 Å². The van der Waals surface area contributed by atoms with Gasteiger partial charge in [0.2, 0.25) is 11.8 Å². The molecule has 0 atom stereocenters. The molecule has 3 rings (SSSR count). The lowest BCUT2D eigenvalue weighted by Gasteiger charge is -2.07. The van der Waals surface area contributed by atoms with Gasteiger partial charge in [0, 0.05) is 6.20 Å². The molecule has 166 valence electrons. The van der Waals surface area contributed by atoms with Crippen LogP contribution in [0.15, 0.2) is 36.7 Å². The van der Waals surface area contributed by atoms with E-state index in [-0.39, 0.29) is 17.2 Å². The molecule has 0 aliphatic heterocycles. The van der Waals surface area contributed by atoms with E-state index in [0.29, 0.717) is 17.1 Å². The Labute approximate surface area is 174 Å². The van der Waals surface area contributed by atoms with Crippen molar-refractivity contribution in [3.63, 3.8) is 0 Å². The number of H-pyrrole nitrogens is 1. The van der Waals surface area contributed by atoms with Crippen molar-refractivity contribution in [1.29, 1.82) is 0 Å². The molecule has 0 bridgehead atoms. The van der Waals surface area contributed by atoms with Crippen molar-refractivity contribution in [2.24, 2.45) is 0 Å². The number of hydrogen-bond donors (Lipinski definition) is 1. The zero-order valence-electron chi connectivity index (χ0n) is 17.0. The largest absolute Gasteiger partial charge is 0.481 e. The Morgan fingerprint density at radius 3 is 2.13 bits per heavy atom. The number of ether oxygens (including phenoxy) is 3. The van der Waals surface area contributed by atoms with E-state index in [9.17, 15) is 22.8 Å². The summed E-state index contributed by atoms with van der Waals surface area (Å²) in [5.41, 5.74) is 0.235. The standard InChI is InChI=1S/C13H11F3N2O2.C6H8N2O3/c1-8(19)11-7-18(17-12(11)20-2)10-5-3-9(4-6-10)13(14,15)16;1-10-5-4(3-7-8-5)6(9)11-2/h3-7H,1-2H3;3H,1-2H3,(H,7,8). The predicted molar refractivity (Wildman–Crippen MR) is 102 cm³/mol. The molecule has 2 aromatic heterocycles. The van der Waals surface area contributed by atoms with Gasteiger partial charge in [0.1, 0.15) is 5.56 Å². The van der Waals surface area contributed by atoms with Crippen LogP contribution in [0, 0.1) is 0 Å². The Kier molecular flexibility index (Phi) is 7.40. The second-order valence-corrected chi connectivity index (χ2v) is 5.91. The van der Waals surface area contributed by atoms with Crippen LogP contribution in [0.25, 0.3) is 5.69 Å². The van der Waals surface area contributed by atoms with E-state index in [1.54, 1.807) is 0 Å². The van der Waals surface area contributed by atoms with Crippen LogP contribution in [0.4, 0.5) is 13.2 Å². The fraction of sp³-hybridized carbons (Fsp3) is 0.263. The third-order valence-corrected chi connectivity index (χ3v) is 3.93. The molecule has 12 heteroatoms. The van der Waals surface area contributed by atoms with Gasteiger partial charge >= 0.3 is 12.1 Å². The van der Waals surface area contributed by atoms with Crippen LogP contribution < -0.4 is 9.47 Å². The fourth-order valence-corrected chi connectivity index (χ4v) is 2.37. The van der Waals surface area contributed by atoms with E-state index in [0.717, 1.165) is 12.1 Å². The molecule has 1 N–H and O–H groups in total. The van der Waals surface area contributed by atoms with Gasteiger partial charge in [-0.15, -0.1) is 5.10 Å². The highest BCUT2D eigenvalue weighted by molar-refractivity contribution is 5.96. The third kappa shape index (κ3) is 5.62. The molecule has 0 amide bonds. The lowest BCUT2D eigenvalue weighted by atomic mass is 10.2. The van der Waals surface area contributed by atoms with E-state index in [4.69, 9.17) is 9.47 Å². The summed E-state index contributed by atoms with van der Waals surface area (Å²) in [4.78, 5) is 22.3. The van der Waals surface area contributed by atoms with Crippen molar-refractivity contribution >= 4 is 11.8 Å². The Hall–Kier alpha value is -3.83. The maximum absolute atomic E-state index is 12.5. The molecule has 0 radical (unpaired) electrons. The fourth-order valence-electron chi connectivity index (χ4n) is 2.37. The summed E-state index contributed by atoms with van der Waals surface area (Å²) in [5.74, 6) is -0.246. The van der Waals surface area contributed by atoms with Gasteiger partial charge in [-0.2, -0.15) is 18.3 Å². The molecule has 1 aromatic carbocycles. The number of halogens is 3. The molecule has 9 nitrogen and oxygen atoms in total. The SMILES string of the molecule is COC(=O)c1cn[nH]c1OC.COc1nn(-c2ccc(C(F)(F)F)cc2)cc1C(C)=O. The molecule has 0 fully saturated rings. The minimum atomic E-state index is -4.38. The van der Waals surface area contributed by atoms with Crippen LogP contribution in [0.3, 0.4) is 0 Å². The van der Waals surface area contributed by atoms with Crippen LogP contribution in [0.5, 0.6) is 11.8 Å². The van der Waals surface area contributed by atoms with Crippen molar-refractivity contribution < 1.29 is 37.0 Å². The number of alkyl halides is 3. The Morgan fingerprint density at radius 2 is 1.68 bits per heavy atom. The highest BCUT2D eigenvalue weighted by Gasteiger charge is 2.30. The quantitative estimate of drug-likeness (QED) is 0.479. The van der Waals surface area contributed by atoms with Crippen molar-refractivity contribution in [1.82, 2.24) is 20.0 Å². The number of aromatic nitrogens is 4. The first-order chi connectivity index (χ1) is 14.6. The predicted octanol–water partition coefficient (Wildman–Crippen LogP) is 3.31. The summed E-state index contributed by atoms with van der Waals surface area (Å²) in [6, 6.07) is 4.46. The van der Waals surface area contributed by atoms with Gasteiger partial charge in [-0.25, -0.2) is 14.6 Å². The van der Waals surface area contributed by atoms with Crippen molar-refractivity contribution in [3.8, 4) is 17.4 Å². The van der Waals surface area contributed by atoms with Gasteiger partial charge < -0.3 is 14.2 Å². The highest BCUT2D eigenvalue weighted by atomic mass is 19.4. The molecule has 0 aliphatic carbocycles. The van der Waals surface area contributed by atoms with Crippen molar-refractivity contribution in [2.75, 3.05) is 21.3 Å². The van der Waals surface area contributed by atoms with Gasteiger partial charge in [0.15, 0.2) is 5.78 Å². The highest BCUT2D eigenvalue weighted by Crippen LogP contribution is 2.30. The van der Waals surface area contributed by atoms with Gasteiger partial charge in [0.25, 0.3) is 0 Å². The number of benzene rings is 1. The number of hydrogen-bond acceptors (Lipinski definition) is 7. The van der Waals surface area contributed by atoms with Gasteiger partial charge in [-0.05, 0) is 31.2 Å². The van der Waals surface area contributed by atoms with Crippen LogP contribution in [-0.4, -0.2) is 53.1 Å². The number of rotatable bonds is 5. The van der Waals surface area contributed by atoms with Crippen molar-refractivity contribution in [2.45, 2.75) is 13.1 Å². The summed E-state index contributed by atoms with van der Waals surface area (Å²) in [7, 11) is 4.11. The van der Waals surface area contributed by atoms with Crippen LogP contribution in [-0.2, 0) is 10.9 Å². The number of aromatic amines is 1. The number of esters is 1. The number of carbonyl (C=O) groups excluding carboxylic acids is 2. The average Bonchev–Trinajstić information content (AvgIpc) is 3.40. The first-order valence-corrected chi connectivity index (χ1v) is 8.60. The number of nitrogens with zero attached hydrogens (tertiary/aromatic N) is 3. The molecule has 0 saturated heterocycles. The molecule has 0 unspecified atom stereocenters. The zero-order chi connectivity index (χ0) is 23.2. The summed E-state index contributed by atoms with van der Waals surface area (Å²) in [6.45, 7) is 1.36. The number of Topliss-reactive ketones (excluding diaryl/α,β-unsaturated/α-hetero) is 1. The van der Waals surface area contributed by atoms with Crippen LogP contribution in [0.2, 0.25) is 0 Å². The molecular weight excluding hydrogens is 421 g/mol. The molecule has 3 aromatic rings. The molecule has 31 heavy (non-hydrogen) atoms. The summed E-state index contributed by atoms with van der Waals surface area (Å²) in [6.07, 6.45) is -1.61. The minimum Gasteiger partial charge on any atom is -0.481 e. The van der Waals surface area contributed by atoms with Crippen LogP contribution >= 0.6 is 0 Å². The topological polar surface area (TPSA) is 108 Å².